The van der Waals surface area contributed by atoms with Crippen molar-refractivity contribution in [1.29, 1.82) is 0 Å². The van der Waals surface area contributed by atoms with Crippen LogP contribution < -0.4 is 0 Å². The largest absolute Gasteiger partial charge is 0.416 e. The molecule has 0 amide bonds. The van der Waals surface area contributed by atoms with E-state index in [4.69, 9.17) is 0 Å². The standard InChI is InChI=1S/C41H22F6/c42-36-21-26(22-37(43)40(36)44)23-16-17-33-35(19-23)38(25-9-7-10-27(18-25)41(45,46)47)31-14-5-6-15-32(31)39(33)34-20-24-8-1-2-11-28(24)29-12-3-4-13-30(29)34/h1-22H. The van der Waals surface area contributed by atoms with Gasteiger partial charge in [-0.15, -0.1) is 0 Å². The number of halogens is 6. The maximum Gasteiger partial charge on any atom is 0.416 e. The minimum atomic E-state index is -4.57. The Morgan fingerprint density at radius 3 is 1.68 bits per heavy atom. The number of hydrogen-bond acceptors (Lipinski definition) is 0. The van der Waals surface area contributed by atoms with Gasteiger partial charge >= 0.3 is 6.18 Å². The second-order valence-corrected chi connectivity index (χ2v) is 11.6. The number of benzene rings is 8. The molecule has 0 heterocycles. The van der Waals surface area contributed by atoms with Gasteiger partial charge in [-0.25, -0.2) is 13.2 Å². The van der Waals surface area contributed by atoms with Crippen molar-refractivity contribution < 1.29 is 26.3 Å². The summed E-state index contributed by atoms with van der Waals surface area (Å²) in [6, 6.07) is 38.1. The van der Waals surface area contributed by atoms with Crippen LogP contribution in [0.5, 0.6) is 0 Å². The number of rotatable bonds is 3. The molecule has 0 unspecified atom stereocenters. The third-order valence-electron chi connectivity index (χ3n) is 8.86. The summed E-state index contributed by atoms with van der Waals surface area (Å²) in [5.41, 5.74) is 2.37. The predicted octanol–water partition coefficient (Wildman–Crippen LogP) is 12.7. The molecule has 0 fully saturated rings. The van der Waals surface area contributed by atoms with Gasteiger partial charge in [0, 0.05) is 0 Å². The van der Waals surface area contributed by atoms with Crippen LogP contribution in [-0.2, 0) is 6.18 Å². The minimum Gasteiger partial charge on any atom is -0.204 e. The van der Waals surface area contributed by atoms with Crippen LogP contribution in [0.15, 0.2) is 133 Å². The Labute approximate surface area is 265 Å². The molecule has 0 saturated heterocycles. The van der Waals surface area contributed by atoms with Crippen LogP contribution in [0.2, 0.25) is 0 Å². The van der Waals surface area contributed by atoms with Crippen molar-refractivity contribution in [3.8, 4) is 33.4 Å². The molecule has 0 aliphatic heterocycles. The molecule has 0 aromatic heterocycles. The Kier molecular flexibility index (Phi) is 6.58. The van der Waals surface area contributed by atoms with Gasteiger partial charge in [-0.05, 0) is 113 Å². The monoisotopic (exact) mass is 628 g/mol. The van der Waals surface area contributed by atoms with Gasteiger partial charge in [-0.3, -0.25) is 0 Å². The maximum absolute atomic E-state index is 14.4. The molecule has 6 heteroatoms. The zero-order valence-corrected chi connectivity index (χ0v) is 24.5. The Hall–Kier alpha value is -5.62. The highest BCUT2D eigenvalue weighted by atomic mass is 19.4. The highest BCUT2D eigenvalue weighted by Crippen LogP contribution is 2.48. The molecule has 0 radical (unpaired) electrons. The molecule has 8 rings (SSSR count). The van der Waals surface area contributed by atoms with E-state index >= 15 is 0 Å². The van der Waals surface area contributed by atoms with Crippen LogP contribution in [0.25, 0.3) is 76.5 Å². The fourth-order valence-electron chi connectivity index (χ4n) is 6.79. The van der Waals surface area contributed by atoms with Crippen molar-refractivity contribution in [3.05, 3.63) is 156 Å². The highest BCUT2D eigenvalue weighted by molar-refractivity contribution is 6.26. The zero-order chi connectivity index (χ0) is 32.4. The van der Waals surface area contributed by atoms with Crippen LogP contribution in [0, 0.1) is 17.5 Å². The molecule has 0 saturated carbocycles. The van der Waals surface area contributed by atoms with Crippen LogP contribution in [-0.4, -0.2) is 0 Å². The van der Waals surface area contributed by atoms with Crippen molar-refractivity contribution in [1.82, 2.24) is 0 Å². The molecule has 0 spiro atoms. The van der Waals surface area contributed by atoms with Crippen molar-refractivity contribution in [2.24, 2.45) is 0 Å². The molecule has 8 aromatic rings. The fourth-order valence-corrected chi connectivity index (χ4v) is 6.79. The summed E-state index contributed by atoms with van der Waals surface area (Å²) in [4.78, 5) is 0. The van der Waals surface area contributed by atoms with E-state index in [0.717, 1.165) is 67.7 Å². The first-order chi connectivity index (χ1) is 22.7. The number of alkyl halides is 3. The number of hydrogen-bond donors (Lipinski definition) is 0. The first-order valence-electron chi connectivity index (χ1n) is 14.9. The zero-order valence-electron chi connectivity index (χ0n) is 24.5. The Balaban J connectivity index is 1.55. The second kappa shape index (κ2) is 10.7. The smallest absolute Gasteiger partial charge is 0.204 e. The lowest BCUT2D eigenvalue weighted by atomic mass is 9.83. The molecule has 47 heavy (non-hydrogen) atoms. The summed E-state index contributed by atoms with van der Waals surface area (Å²) in [5.74, 6) is -4.24. The Morgan fingerprint density at radius 1 is 0.383 bits per heavy atom. The Morgan fingerprint density at radius 2 is 0.979 bits per heavy atom. The summed E-state index contributed by atoms with van der Waals surface area (Å²) >= 11 is 0. The lowest BCUT2D eigenvalue weighted by molar-refractivity contribution is -0.137. The first-order valence-corrected chi connectivity index (χ1v) is 14.9. The molecule has 0 atom stereocenters. The van der Waals surface area contributed by atoms with Crippen molar-refractivity contribution in [2.75, 3.05) is 0 Å². The summed E-state index contributed by atoms with van der Waals surface area (Å²) in [7, 11) is 0. The summed E-state index contributed by atoms with van der Waals surface area (Å²) < 4.78 is 84.6. The lowest BCUT2D eigenvalue weighted by Crippen LogP contribution is -2.04. The third kappa shape index (κ3) is 4.71. The van der Waals surface area contributed by atoms with Crippen LogP contribution in [0.3, 0.4) is 0 Å². The van der Waals surface area contributed by atoms with Gasteiger partial charge < -0.3 is 0 Å². The molecule has 0 aliphatic carbocycles. The quantitative estimate of drug-likeness (QED) is 0.0790. The minimum absolute atomic E-state index is 0.101. The van der Waals surface area contributed by atoms with Crippen molar-refractivity contribution >= 4 is 43.1 Å². The van der Waals surface area contributed by atoms with E-state index in [1.807, 2.05) is 60.7 Å². The van der Waals surface area contributed by atoms with Gasteiger partial charge in [0.05, 0.1) is 5.56 Å². The van der Waals surface area contributed by atoms with Gasteiger partial charge in [0.1, 0.15) is 0 Å². The summed E-state index contributed by atoms with van der Waals surface area (Å²) in [6.07, 6.45) is -4.57. The van der Waals surface area contributed by atoms with Crippen LogP contribution in [0.1, 0.15) is 5.56 Å². The first kappa shape index (κ1) is 28.8. The van der Waals surface area contributed by atoms with E-state index in [2.05, 4.69) is 24.3 Å². The van der Waals surface area contributed by atoms with E-state index < -0.39 is 29.2 Å². The molecule has 8 aromatic carbocycles. The van der Waals surface area contributed by atoms with Crippen molar-refractivity contribution in [3.63, 3.8) is 0 Å². The van der Waals surface area contributed by atoms with Crippen molar-refractivity contribution in [2.45, 2.75) is 6.18 Å². The number of fused-ring (bicyclic) bond motifs is 5. The second-order valence-electron chi connectivity index (χ2n) is 11.6. The van der Waals surface area contributed by atoms with E-state index in [0.29, 0.717) is 27.5 Å². The summed E-state index contributed by atoms with van der Waals surface area (Å²) in [5, 5.41) is 7.02. The maximum atomic E-state index is 14.4. The van der Waals surface area contributed by atoms with E-state index in [1.165, 1.54) is 6.07 Å². The molecule has 0 N–H and O–H groups in total. The van der Waals surface area contributed by atoms with Gasteiger partial charge in [0.15, 0.2) is 17.5 Å². The summed E-state index contributed by atoms with van der Waals surface area (Å²) in [6.45, 7) is 0. The molecule has 228 valence electrons. The predicted molar refractivity (Wildman–Crippen MR) is 178 cm³/mol. The lowest BCUT2D eigenvalue weighted by Gasteiger charge is -2.21. The average molecular weight is 629 g/mol. The van der Waals surface area contributed by atoms with Crippen LogP contribution >= 0.6 is 0 Å². The Bertz CT molecular complexity index is 2520. The van der Waals surface area contributed by atoms with E-state index in [9.17, 15) is 26.3 Å². The highest BCUT2D eigenvalue weighted by Gasteiger charge is 2.31. The average Bonchev–Trinajstić information content (AvgIpc) is 3.08. The van der Waals surface area contributed by atoms with Gasteiger partial charge in [0.25, 0.3) is 0 Å². The fraction of sp³-hybridized carbons (Fsp3) is 0.0244. The van der Waals surface area contributed by atoms with Gasteiger partial charge in [-0.2, -0.15) is 13.2 Å². The topological polar surface area (TPSA) is 0 Å². The van der Waals surface area contributed by atoms with Gasteiger partial charge in [0.2, 0.25) is 0 Å². The molecule has 0 aliphatic rings. The molecule has 0 bridgehead atoms. The third-order valence-corrected chi connectivity index (χ3v) is 8.86. The molecular weight excluding hydrogens is 606 g/mol. The molecule has 0 nitrogen and oxygen atoms in total. The van der Waals surface area contributed by atoms with Gasteiger partial charge in [-0.1, -0.05) is 97.1 Å². The normalized spacial score (nSPS) is 12.0. The molecular formula is C41H22F6. The van der Waals surface area contributed by atoms with E-state index in [1.54, 1.807) is 18.2 Å². The van der Waals surface area contributed by atoms with Crippen LogP contribution in [0.4, 0.5) is 26.3 Å². The SMILES string of the molecule is Fc1cc(-c2ccc3c(-c4cc5ccccc5c5ccccc45)c4ccccc4c(-c4cccc(C(F)(F)F)c4)c3c2)cc(F)c1F. The van der Waals surface area contributed by atoms with E-state index in [-0.39, 0.29) is 5.56 Å².